The van der Waals surface area contributed by atoms with Gasteiger partial charge in [0.25, 0.3) is 5.69 Å². The van der Waals surface area contributed by atoms with Gasteiger partial charge in [-0.1, -0.05) is 24.3 Å². The Balaban J connectivity index is 1.64. The van der Waals surface area contributed by atoms with Crippen LogP contribution in [0, 0.1) is 29.9 Å². The van der Waals surface area contributed by atoms with Crippen molar-refractivity contribution in [3.05, 3.63) is 69.3 Å². The van der Waals surface area contributed by atoms with Crippen LogP contribution in [-0.4, -0.2) is 29.5 Å². The van der Waals surface area contributed by atoms with E-state index in [4.69, 9.17) is 0 Å². The molecule has 0 aliphatic carbocycles. The highest BCUT2D eigenvalue weighted by Crippen LogP contribution is 2.28. The summed E-state index contributed by atoms with van der Waals surface area (Å²) in [5.74, 6) is -0.964. The van der Waals surface area contributed by atoms with Crippen LogP contribution in [0.3, 0.4) is 0 Å². The van der Waals surface area contributed by atoms with Crippen LogP contribution in [0.5, 0.6) is 0 Å². The Bertz CT molecular complexity index is 970. The Labute approximate surface area is 162 Å². The summed E-state index contributed by atoms with van der Waals surface area (Å²) < 4.78 is 0. The minimum absolute atomic E-state index is 0.0548. The number of hydrazone groups is 1. The van der Waals surface area contributed by atoms with Crippen molar-refractivity contribution in [2.75, 3.05) is 11.4 Å². The first-order valence-electron chi connectivity index (χ1n) is 8.80. The van der Waals surface area contributed by atoms with Gasteiger partial charge in [0.15, 0.2) is 0 Å². The van der Waals surface area contributed by atoms with Gasteiger partial charge in [-0.3, -0.25) is 19.7 Å². The van der Waals surface area contributed by atoms with Crippen LogP contribution in [0.4, 0.5) is 11.4 Å². The third kappa shape index (κ3) is 4.22. The molecule has 0 radical (unpaired) electrons. The van der Waals surface area contributed by atoms with E-state index in [1.54, 1.807) is 17.0 Å². The largest absolute Gasteiger partial charge is 0.311 e. The van der Waals surface area contributed by atoms with Crippen molar-refractivity contribution in [2.45, 2.75) is 20.3 Å². The summed E-state index contributed by atoms with van der Waals surface area (Å²) in [6, 6.07) is 11.8. The van der Waals surface area contributed by atoms with Crippen molar-refractivity contribution in [1.29, 1.82) is 0 Å². The van der Waals surface area contributed by atoms with Gasteiger partial charge in [0, 0.05) is 36.3 Å². The first-order valence-corrected chi connectivity index (χ1v) is 8.80. The molecule has 3 rings (SSSR count). The van der Waals surface area contributed by atoms with Crippen LogP contribution in [0.2, 0.25) is 0 Å². The highest BCUT2D eigenvalue weighted by molar-refractivity contribution is 6.01. The third-order valence-electron chi connectivity index (χ3n) is 4.62. The molecule has 0 aromatic heterocycles. The number of benzene rings is 2. The molecule has 8 heteroatoms. The van der Waals surface area contributed by atoms with Crippen molar-refractivity contribution in [3.8, 4) is 0 Å². The van der Waals surface area contributed by atoms with E-state index in [1.807, 2.05) is 32.0 Å². The lowest BCUT2D eigenvalue weighted by Gasteiger charge is -2.19. The zero-order valence-electron chi connectivity index (χ0n) is 15.6. The molecule has 0 spiro atoms. The summed E-state index contributed by atoms with van der Waals surface area (Å²) in [6.45, 7) is 4.18. The molecule has 1 N–H and O–H groups in total. The first kappa shape index (κ1) is 19.2. The molecule has 1 aliphatic rings. The predicted octanol–water partition coefficient (Wildman–Crippen LogP) is 2.71. The van der Waals surface area contributed by atoms with Gasteiger partial charge in [-0.25, -0.2) is 5.43 Å². The zero-order valence-corrected chi connectivity index (χ0v) is 15.6. The van der Waals surface area contributed by atoms with E-state index in [2.05, 4.69) is 10.5 Å². The van der Waals surface area contributed by atoms with E-state index in [9.17, 15) is 19.7 Å². The highest BCUT2D eigenvalue weighted by atomic mass is 16.6. The fourth-order valence-corrected chi connectivity index (χ4v) is 3.11. The Morgan fingerprint density at radius 1 is 1.29 bits per heavy atom. The summed E-state index contributed by atoms with van der Waals surface area (Å²) >= 11 is 0. The number of carbonyl (C=O) groups excluding carboxylic acids is 2. The Morgan fingerprint density at radius 2 is 2.07 bits per heavy atom. The number of anilines is 1. The molecule has 1 saturated heterocycles. The van der Waals surface area contributed by atoms with Crippen LogP contribution < -0.4 is 10.3 Å². The number of nitrogens with zero attached hydrogens (tertiary/aromatic N) is 3. The van der Waals surface area contributed by atoms with Gasteiger partial charge in [-0.2, -0.15) is 5.10 Å². The molecule has 1 aliphatic heterocycles. The van der Waals surface area contributed by atoms with Crippen molar-refractivity contribution in [1.82, 2.24) is 5.43 Å². The Kier molecular flexibility index (Phi) is 5.49. The molecule has 0 saturated carbocycles. The van der Waals surface area contributed by atoms with Crippen molar-refractivity contribution >= 4 is 29.4 Å². The third-order valence-corrected chi connectivity index (χ3v) is 4.62. The minimum Gasteiger partial charge on any atom is -0.311 e. The van der Waals surface area contributed by atoms with E-state index in [0.717, 1.165) is 16.8 Å². The Hall–Kier alpha value is -3.55. The topological polar surface area (TPSA) is 105 Å². The second-order valence-corrected chi connectivity index (χ2v) is 6.78. The molecule has 0 unspecified atom stereocenters. The lowest BCUT2D eigenvalue weighted by molar-refractivity contribution is -0.384. The van der Waals surface area contributed by atoms with Gasteiger partial charge in [-0.05, 0) is 31.0 Å². The van der Waals surface area contributed by atoms with Gasteiger partial charge in [-0.15, -0.1) is 0 Å². The number of nitro groups is 1. The average Bonchev–Trinajstić information content (AvgIpc) is 3.05. The monoisotopic (exact) mass is 380 g/mol. The SMILES string of the molecule is Cc1ccc(C)c(N2C[C@H](C(=O)N/N=C\c3cccc([N+](=O)[O-])c3)CC2=O)c1. The summed E-state index contributed by atoms with van der Waals surface area (Å²) in [6.07, 6.45) is 1.45. The number of hydrogen-bond acceptors (Lipinski definition) is 5. The number of nitro benzene ring substituents is 1. The van der Waals surface area contributed by atoms with E-state index in [-0.39, 0.29) is 23.9 Å². The highest BCUT2D eigenvalue weighted by Gasteiger charge is 2.35. The van der Waals surface area contributed by atoms with E-state index < -0.39 is 10.8 Å². The number of rotatable bonds is 5. The van der Waals surface area contributed by atoms with Crippen LogP contribution in [0.15, 0.2) is 47.6 Å². The molecular formula is C20H20N4O4. The van der Waals surface area contributed by atoms with Gasteiger partial charge in [0.05, 0.1) is 17.1 Å². The molecule has 1 atom stereocenters. The van der Waals surface area contributed by atoms with Gasteiger partial charge >= 0.3 is 0 Å². The fraction of sp³-hybridized carbons (Fsp3) is 0.250. The van der Waals surface area contributed by atoms with Gasteiger partial charge in [0.2, 0.25) is 11.8 Å². The predicted molar refractivity (Wildman–Crippen MR) is 105 cm³/mol. The molecule has 2 aromatic rings. The maximum atomic E-state index is 12.4. The number of hydrogen-bond donors (Lipinski definition) is 1. The van der Waals surface area contributed by atoms with Crippen LogP contribution in [0.25, 0.3) is 0 Å². The maximum absolute atomic E-state index is 12.4. The summed E-state index contributed by atoms with van der Waals surface area (Å²) in [5.41, 5.74) is 5.70. The molecule has 1 fully saturated rings. The maximum Gasteiger partial charge on any atom is 0.270 e. The fourth-order valence-electron chi connectivity index (χ4n) is 3.11. The van der Waals surface area contributed by atoms with E-state index >= 15 is 0 Å². The average molecular weight is 380 g/mol. The van der Waals surface area contributed by atoms with Gasteiger partial charge in [0.1, 0.15) is 0 Å². The van der Waals surface area contributed by atoms with Crippen molar-refractivity contribution < 1.29 is 14.5 Å². The minimum atomic E-state index is -0.505. The molecule has 1 heterocycles. The van der Waals surface area contributed by atoms with Crippen molar-refractivity contribution in [3.63, 3.8) is 0 Å². The van der Waals surface area contributed by atoms with Crippen LogP contribution >= 0.6 is 0 Å². The lowest BCUT2D eigenvalue weighted by atomic mass is 10.1. The quantitative estimate of drug-likeness (QED) is 0.489. The standard InChI is InChI=1S/C20H20N4O4/c1-13-6-7-14(2)18(8-13)23-12-16(10-19(23)25)20(26)22-21-11-15-4-3-5-17(9-15)24(27)28/h3-9,11,16H,10,12H2,1-2H3,(H,22,26)/b21-11-/t16-/m1/s1. The number of aryl methyl sites for hydroxylation is 2. The van der Waals surface area contributed by atoms with Crippen LogP contribution in [-0.2, 0) is 9.59 Å². The lowest BCUT2D eigenvalue weighted by Crippen LogP contribution is -2.30. The second-order valence-electron chi connectivity index (χ2n) is 6.78. The number of non-ortho nitro benzene ring substituents is 1. The molecular weight excluding hydrogens is 360 g/mol. The smallest absolute Gasteiger partial charge is 0.270 e. The first-order chi connectivity index (χ1) is 13.3. The Morgan fingerprint density at radius 3 is 2.82 bits per heavy atom. The van der Waals surface area contributed by atoms with Gasteiger partial charge < -0.3 is 4.90 Å². The second kappa shape index (κ2) is 7.99. The molecule has 28 heavy (non-hydrogen) atoms. The molecule has 0 bridgehead atoms. The molecule has 2 aromatic carbocycles. The molecule has 144 valence electrons. The zero-order chi connectivity index (χ0) is 20.3. The summed E-state index contributed by atoms with van der Waals surface area (Å²) in [7, 11) is 0. The van der Waals surface area contributed by atoms with E-state index in [0.29, 0.717) is 12.1 Å². The summed E-state index contributed by atoms with van der Waals surface area (Å²) in [4.78, 5) is 36.7. The number of carbonyl (C=O) groups is 2. The van der Waals surface area contributed by atoms with Crippen LogP contribution in [0.1, 0.15) is 23.1 Å². The van der Waals surface area contributed by atoms with Crippen molar-refractivity contribution in [2.24, 2.45) is 11.0 Å². The normalized spacial score (nSPS) is 16.6. The molecule has 8 nitrogen and oxygen atoms in total. The molecule has 2 amide bonds. The van der Waals surface area contributed by atoms with E-state index in [1.165, 1.54) is 18.3 Å². The number of amides is 2. The summed E-state index contributed by atoms with van der Waals surface area (Å²) in [5, 5.41) is 14.7. The number of nitrogens with one attached hydrogen (secondary N) is 1.